The summed E-state index contributed by atoms with van der Waals surface area (Å²) in [4.78, 5) is 39.1. The smallest absolute Gasteiger partial charge is 0.425 e. The van der Waals surface area contributed by atoms with Gasteiger partial charge in [-0.2, -0.15) is 0 Å². The Morgan fingerprint density at radius 1 is 1.10 bits per heavy atom. The number of hydrogen-bond acceptors (Lipinski definition) is 8. The van der Waals surface area contributed by atoms with Crippen LogP contribution in [0.25, 0.3) is 0 Å². The zero-order valence-electron chi connectivity index (χ0n) is 29.5. The van der Waals surface area contributed by atoms with Crippen molar-refractivity contribution in [1.82, 2.24) is 20.2 Å². The molecule has 5 rings (SSSR count). The fourth-order valence-electron chi connectivity index (χ4n) is 6.10. The summed E-state index contributed by atoms with van der Waals surface area (Å²) in [5.74, 6) is 0.645. The Balaban J connectivity index is 1.50. The van der Waals surface area contributed by atoms with Gasteiger partial charge in [-0.25, -0.2) is 24.1 Å². The highest BCUT2D eigenvalue weighted by molar-refractivity contribution is 6.01. The van der Waals surface area contributed by atoms with Gasteiger partial charge in [-0.3, -0.25) is 4.79 Å². The number of hydrogen-bond donors (Lipinski definition) is 2. The molecule has 0 spiro atoms. The predicted octanol–water partition coefficient (Wildman–Crippen LogP) is 7.88. The summed E-state index contributed by atoms with van der Waals surface area (Å²) in [7, 11) is 2.09. The van der Waals surface area contributed by atoms with Gasteiger partial charge in [0, 0.05) is 42.9 Å². The molecule has 1 saturated heterocycles. The van der Waals surface area contributed by atoms with E-state index in [0.717, 1.165) is 49.0 Å². The Morgan fingerprint density at radius 2 is 1.88 bits per heavy atom. The second-order valence-electron chi connectivity index (χ2n) is 13.0. The molecule has 50 heavy (non-hydrogen) atoms. The van der Waals surface area contributed by atoms with Crippen LogP contribution in [-0.2, 0) is 11.2 Å². The van der Waals surface area contributed by atoms with Crippen LogP contribution in [0.1, 0.15) is 56.2 Å². The largest absolute Gasteiger partial charge is 0.490 e. The molecule has 1 aliphatic heterocycles. The van der Waals surface area contributed by atoms with E-state index in [2.05, 4.69) is 32.5 Å². The zero-order chi connectivity index (χ0) is 35.6. The van der Waals surface area contributed by atoms with Crippen LogP contribution < -0.4 is 25.0 Å². The maximum atomic E-state index is 15.5. The quantitative estimate of drug-likeness (QED) is 0.147. The molecule has 0 saturated carbocycles. The number of aromatic nitrogens is 2. The van der Waals surface area contributed by atoms with Crippen LogP contribution in [-0.4, -0.2) is 59.7 Å². The molecular formula is C39H47FN6O4. The highest BCUT2D eigenvalue weighted by Gasteiger charge is 2.27. The number of rotatable bonds is 13. The van der Waals surface area contributed by atoms with Crippen molar-refractivity contribution in [3.63, 3.8) is 0 Å². The normalized spacial score (nSPS) is 15.2. The van der Waals surface area contributed by atoms with E-state index in [9.17, 15) is 9.59 Å². The molecule has 0 radical (unpaired) electrons. The molecule has 2 unspecified atom stereocenters. The maximum Gasteiger partial charge on any atom is 0.425 e. The Morgan fingerprint density at radius 3 is 2.58 bits per heavy atom. The summed E-state index contributed by atoms with van der Waals surface area (Å²) in [6, 6.07) is 17.5. The number of benzene rings is 3. The number of ether oxygens (including phenoxy) is 2. The third-order valence-electron chi connectivity index (χ3n) is 8.98. The third-order valence-corrected chi connectivity index (χ3v) is 8.98. The first-order chi connectivity index (χ1) is 24.1. The predicted molar refractivity (Wildman–Crippen MR) is 194 cm³/mol. The van der Waals surface area contributed by atoms with Crippen molar-refractivity contribution >= 4 is 34.9 Å². The molecule has 264 valence electrons. The second-order valence-corrected chi connectivity index (χ2v) is 13.0. The highest BCUT2D eigenvalue weighted by Crippen LogP contribution is 2.38. The fourth-order valence-corrected chi connectivity index (χ4v) is 6.10. The van der Waals surface area contributed by atoms with Crippen LogP contribution in [0.2, 0.25) is 0 Å². The van der Waals surface area contributed by atoms with Crippen LogP contribution >= 0.6 is 0 Å². The summed E-state index contributed by atoms with van der Waals surface area (Å²) < 4.78 is 27.5. The van der Waals surface area contributed by atoms with E-state index in [1.54, 1.807) is 24.3 Å². The summed E-state index contributed by atoms with van der Waals surface area (Å²) in [5, 5.41) is 6.37. The van der Waals surface area contributed by atoms with Gasteiger partial charge in [0.25, 0.3) is 0 Å². The van der Waals surface area contributed by atoms with E-state index in [1.165, 1.54) is 23.5 Å². The first-order valence-electron chi connectivity index (χ1n) is 17.3. The average molecular weight is 683 g/mol. The number of halogens is 1. The number of anilines is 4. The van der Waals surface area contributed by atoms with Gasteiger partial charge < -0.3 is 25.0 Å². The second kappa shape index (κ2) is 17.1. The van der Waals surface area contributed by atoms with Crippen LogP contribution in [0.5, 0.6) is 11.5 Å². The molecule has 3 aromatic carbocycles. The van der Waals surface area contributed by atoms with Crippen LogP contribution in [0.3, 0.4) is 0 Å². The van der Waals surface area contributed by atoms with E-state index in [-0.39, 0.29) is 29.9 Å². The van der Waals surface area contributed by atoms with Gasteiger partial charge in [-0.05, 0) is 101 Å². The van der Waals surface area contributed by atoms with Gasteiger partial charge in [0.1, 0.15) is 17.9 Å². The van der Waals surface area contributed by atoms with Gasteiger partial charge in [0.2, 0.25) is 5.91 Å². The maximum absolute atomic E-state index is 15.5. The molecule has 2 amide bonds. The van der Waals surface area contributed by atoms with Gasteiger partial charge in [-0.1, -0.05) is 37.3 Å². The van der Waals surface area contributed by atoms with Gasteiger partial charge >= 0.3 is 6.09 Å². The topological polar surface area (TPSA) is 109 Å². The number of aryl methyl sites for hydroxylation is 3. The van der Waals surface area contributed by atoms with Crippen molar-refractivity contribution in [3.05, 3.63) is 95.7 Å². The molecular weight excluding hydrogens is 635 g/mol. The molecule has 4 aromatic rings. The average Bonchev–Trinajstić information content (AvgIpc) is 3.10. The molecule has 1 fully saturated rings. The molecule has 2 heterocycles. The number of likely N-dealkylation sites (tertiary alicyclic amines) is 1. The number of nitrogens with one attached hydrogen (secondary N) is 2. The molecule has 0 aliphatic carbocycles. The molecule has 2 N–H and O–H groups in total. The van der Waals surface area contributed by atoms with Crippen molar-refractivity contribution < 1.29 is 23.5 Å². The van der Waals surface area contributed by atoms with Gasteiger partial charge in [-0.15, -0.1) is 0 Å². The highest BCUT2D eigenvalue weighted by atomic mass is 19.1. The Kier molecular flexibility index (Phi) is 12.4. The third kappa shape index (κ3) is 9.35. The Bertz CT molecular complexity index is 1750. The minimum atomic E-state index is -0.695. The summed E-state index contributed by atoms with van der Waals surface area (Å²) in [6.45, 7) is 10.1. The van der Waals surface area contributed by atoms with Crippen molar-refractivity contribution in [1.29, 1.82) is 0 Å². The van der Waals surface area contributed by atoms with E-state index in [4.69, 9.17) is 9.47 Å². The summed E-state index contributed by atoms with van der Waals surface area (Å²) >= 11 is 0. The number of carbonyl (C=O) groups excluding carboxylic acids is 2. The lowest BCUT2D eigenvalue weighted by Crippen LogP contribution is -2.34. The van der Waals surface area contributed by atoms with Crippen molar-refractivity contribution in [2.45, 2.75) is 65.8 Å². The molecule has 0 bridgehead atoms. The van der Waals surface area contributed by atoms with E-state index in [0.29, 0.717) is 41.8 Å². The van der Waals surface area contributed by atoms with E-state index >= 15 is 4.39 Å². The fraction of sp³-hybridized carbons (Fsp3) is 0.385. The van der Waals surface area contributed by atoms with Gasteiger partial charge in [0.05, 0.1) is 18.0 Å². The monoisotopic (exact) mass is 682 g/mol. The minimum Gasteiger partial charge on any atom is -0.490 e. The molecule has 2 atom stereocenters. The van der Waals surface area contributed by atoms with Crippen LogP contribution in [0.15, 0.2) is 73.2 Å². The first kappa shape index (κ1) is 36.3. The van der Waals surface area contributed by atoms with Crippen molar-refractivity contribution in [2.24, 2.45) is 5.92 Å². The van der Waals surface area contributed by atoms with Crippen LogP contribution in [0.4, 0.5) is 32.1 Å². The molecule has 1 aliphatic rings. The van der Waals surface area contributed by atoms with Crippen molar-refractivity contribution in [2.75, 3.05) is 37.0 Å². The standard InChI is InChI=1S/C39H47FN6O4/c1-6-28(4)43-36(47)18-15-30-13-8-14-33(46(35-19-20-41-25-42-35)39(48)50-38-26(2)10-7-11-27(38)3)37(30)44-31-16-17-34(32(40)22-31)49-24-29-12-9-21-45(5)23-29/h7-8,10-11,13-14,16-17,19-20,22,25,28-29,44H,6,9,12,15,18,21,23-24H2,1-5H3,(H,43,47). The summed E-state index contributed by atoms with van der Waals surface area (Å²) in [6.07, 6.45) is 5.71. The lowest BCUT2D eigenvalue weighted by Gasteiger charge is -2.29. The Labute approximate surface area is 294 Å². The Hall–Kier alpha value is -5.03. The van der Waals surface area contributed by atoms with Crippen LogP contribution in [0, 0.1) is 25.6 Å². The number of para-hydroxylation sites is 2. The first-order valence-corrected chi connectivity index (χ1v) is 17.3. The molecule has 10 nitrogen and oxygen atoms in total. The van der Waals surface area contributed by atoms with Gasteiger partial charge in [0.15, 0.2) is 11.6 Å². The molecule has 11 heteroatoms. The van der Waals surface area contributed by atoms with Crippen molar-refractivity contribution in [3.8, 4) is 11.5 Å². The molecule has 1 aromatic heterocycles. The van der Waals surface area contributed by atoms with E-state index < -0.39 is 11.9 Å². The number of nitrogens with zero attached hydrogens (tertiary/aromatic N) is 4. The summed E-state index contributed by atoms with van der Waals surface area (Å²) in [5.41, 5.74) is 3.68. The SMILES string of the molecule is CCC(C)NC(=O)CCc1cccc(N(C(=O)Oc2c(C)cccc2C)c2ccncn2)c1Nc1ccc(OCC2CCCN(C)C2)c(F)c1. The lowest BCUT2D eigenvalue weighted by molar-refractivity contribution is -0.121. The zero-order valence-corrected chi connectivity index (χ0v) is 29.5. The van der Waals surface area contributed by atoms with E-state index in [1.807, 2.05) is 58.0 Å². The lowest BCUT2D eigenvalue weighted by atomic mass is 10.00. The minimum absolute atomic E-state index is 0.0436. The number of piperidine rings is 1. The number of carbonyl (C=O) groups is 2. The number of amides is 2.